The van der Waals surface area contributed by atoms with Gasteiger partial charge in [0.1, 0.15) is 0 Å². The van der Waals surface area contributed by atoms with E-state index in [2.05, 4.69) is 22.2 Å². The molecule has 0 saturated heterocycles. The third-order valence-corrected chi connectivity index (χ3v) is 3.47. The van der Waals surface area contributed by atoms with Gasteiger partial charge in [-0.1, -0.05) is 36.4 Å². The average molecular weight is 282 g/mol. The Balaban J connectivity index is 1.94. The SMILES string of the molecule is NC(=S)N1N=C(c2ccccn2)C[C@H]1c1ccccc1. The number of hydrazone groups is 1. The van der Waals surface area contributed by atoms with E-state index in [0.29, 0.717) is 0 Å². The van der Waals surface area contributed by atoms with Crippen molar-refractivity contribution in [3.63, 3.8) is 0 Å². The molecule has 4 nitrogen and oxygen atoms in total. The molecule has 20 heavy (non-hydrogen) atoms. The van der Waals surface area contributed by atoms with Crippen LogP contribution in [0.4, 0.5) is 0 Å². The molecule has 1 aliphatic heterocycles. The van der Waals surface area contributed by atoms with Crippen molar-refractivity contribution in [3.05, 3.63) is 66.0 Å². The average Bonchev–Trinajstić information content (AvgIpc) is 2.94. The Bertz CT molecular complexity index is 639. The zero-order chi connectivity index (χ0) is 13.9. The first-order valence-electron chi connectivity index (χ1n) is 6.38. The summed E-state index contributed by atoms with van der Waals surface area (Å²) in [6.45, 7) is 0. The van der Waals surface area contributed by atoms with Crippen LogP contribution >= 0.6 is 12.2 Å². The Hall–Kier alpha value is -2.27. The third-order valence-electron chi connectivity index (χ3n) is 3.28. The van der Waals surface area contributed by atoms with E-state index in [4.69, 9.17) is 18.0 Å². The van der Waals surface area contributed by atoms with Gasteiger partial charge in [-0.15, -0.1) is 0 Å². The Morgan fingerprint density at radius 1 is 1.15 bits per heavy atom. The van der Waals surface area contributed by atoms with Crippen LogP contribution in [0, 0.1) is 0 Å². The minimum absolute atomic E-state index is 0.0470. The van der Waals surface area contributed by atoms with Crippen LogP contribution in [-0.4, -0.2) is 20.8 Å². The molecule has 2 N–H and O–H groups in total. The van der Waals surface area contributed by atoms with Gasteiger partial charge in [-0.3, -0.25) is 4.98 Å². The molecule has 0 unspecified atom stereocenters. The van der Waals surface area contributed by atoms with Crippen molar-refractivity contribution in [3.8, 4) is 0 Å². The van der Waals surface area contributed by atoms with Crippen LogP contribution in [0.2, 0.25) is 0 Å². The summed E-state index contributed by atoms with van der Waals surface area (Å²) in [5, 5.41) is 6.52. The van der Waals surface area contributed by atoms with Gasteiger partial charge in [-0.2, -0.15) is 5.10 Å². The standard InChI is InChI=1S/C15H14N4S/c16-15(20)19-14(11-6-2-1-3-7-11)10-13(18-19)12-8-4-5-9-17-12/h1-9,14H,10H2,(H2,16,20)/t14-/m0/s1. The van der Waals surface area contributed by atoms with Crippen LogP contribution in [0.3, 0.4) is 0 Å². The van der Waals surface area contributed by atoms with Crippen LogP contribution in [0.5, 0.6) is 0 Å². The summed E-state index contributed by atoms with van der Waals surface area (Å²) in [5.74, 6) is 0. The van der Waals surface area contributed by atoms with E-state index in [1.54, 1.807) is 11.2 Å². The molecular weight excluding hydrogens is 268 g/mol. The zero-order valence-electron chi connectivity index (χ0n) is 10.8. The molecule has 3 rings (SSSR count). The number of hydrogen-bond acceptors (Lipinski definition) is 3. The number of benzene rings is 1. The molecule has 0 saturated carbocycles. The monoisotopic (exact) mass is 282 g/mol. The van der Waals surface area contributed by atoms with Crippen LogP contribution in [0.25, 0.3) is 0 Å². The molecule has 0 spiro atoms. The van der Waals surface area contributed by atoms with E-state index in [1.165, 1.54) is 0 Å². The molecular formula is C15H14N4S. The van der Waals surface area contributed by atoms with Crippen molar-refractivity contribution >= 4 is 23.0 Å². The first-order chi connectivity index (χ1) is 9.75. The van der Waals surface area contributed by atoms with E-state index in [9.17, 15) is 0 Å². The van der Waals surface area contributed by atoms with Gasteiger partial charge >= 0.3 is 0 Å². The number of thiocarbonyl (C=S) groups is 1. The van der Waals surface area contributed by atoms with E-state index in [1.807, 2.05) is 36.4 Å². The third kappa shape index (κ3) is 2.40. The lowest BCUT2D eigenvalue weighted by Gasteiger charge is -2.21. The second-order valence-electron chi connectivity index (χ2n) is 4.58. The maximum absolute atomic E-state index is 5.80. The van der Waals surface area contributed by atoms with Crippen molar-refractivity contribution in [1.82, 2.24) is 9.99 Å². The fraction of sp³-hybridized carbons (Fsp3) is 0.133. The van der Waals surface area contributed by atoms with Gasteiger partial charge in [-0.25, -0.2) is 5.01 Å². The summed E-state index contributed by atoms with van der Waals surface area (Å²) >= 11 is 5.11. The molecule has 2 aromatic rings. The molecule has 1 atom stereocenters. The Labute approximate surface area is 122 Å². The van der Waals surface area contributed by atoms with Gasteiger partial charge < -0.3 is 5.73 Å². The molecule has 0 fully saturated rings. The molecule has 5 heteroatoms. The summed E-state index contributed by atoms with van der Waals surface area (Å²) in [7, 11) is 0. The van der Waals surface area contributed by atoms with Crippen molar-refractivity contribution < 1.29 is 0 Å². The van der Waals surface area contributed by atoms with Crippen molar-refractivity contribution in [1.29, 1.82) is 0 Å². The Morgan fingerprint density at radius 3 is 2.55 bits per heavy atom. The fourth-order valence-corrected chi connectivity index (χ4v) is 2.50. The maximum atomic E-state index is 5.80. The largest absolute Gasteiger partial charge is 0.375 e. The van der Waals surface area contributed by atoms with Crippen molar-refractivity contribution in [2.45, 2.75) is 12.5 Å². The first-order valence-corrected chi connectivity index (χ1v) is 6.79. The normalized spacial score (nSPS) is 17.9. The van der Waals surface area contributed by atoms with Crippen molar-refractivity contribution in [2.24, 2.45) is 10.8 Å². The van der Waals surface area contributed by atoms with E-state index < -0.39 is 0 Å². The predicted molar refractivity (Wildman–Crippen MR) is 83.2 cm³/mol. The summed E-state index contributed by atoms with van der Waals surface area (Å²) < 4.78 is 0. The molecule has 0 amide bonds. The molecule has 0 radical (unpaired) electrons. The quantitative estimate of drug-likeness (QED) is 0.860. The molecule has 100 valence electrons. The number of hydrogen-bond donors (Lipinski definition) is 1. The highest BCUT2D eigenvalue weighted by Gasteiger charge is 2.30. The smallest absolute Gasteiger partial charge is 0.187 e. The molecule has 1 aromatic heterocycles. The number of nitrogens with two attached hydrogens (primary N) is 1. The first kappa shape index (κ1) is 12.7. The lowest BCUT2D eigenvalue weighted by Crippen LogP contribution is -2.31. The van der Waals surface area contributed by atoms with Crippen LogP contribution in [-0.2, 0) is 0 Å². The summed E-state index contributed by atoms with van der Waals surface area (Å²) in [6.07, 6.45) is 2.51. The number of rotatable bonds is 2. The van der Waals surface area contributed by atoms with Crippen LogP contribution in [0.15, 0.2) is 59.8 Å². The maximum Gasteiger partial charge on any atom is 0.187 e. The van der Waals surface area contributed by atoms with Gasteiger partial charge in [0.15, 0.2) is 5.11 Å². The predicted octanol–water partition coefficient (Wildman–Crippen LogP) is 2.48. The van der Waals surface area contributed by atoms with E-state index >= 15 is 0 Å². The minimum Gasteiger partial charge on any atom is -0.375 e. The Kier molecular flexibility index (Phi) is 3.43. The minimum atomic E-state index is 0.0470. The number of aromatic nitrogens is 1. The summed E-state index contributed by atoms with van der Waals surface area (Å²) in [6, 6.07) is 16.0. The Morgan fingerprint density at radius 2 is 1.90 bits per heavy atom. The molecule has 1 aromatic carbocycles. The number of nitrogens with zero attached hydrogens (tertiary/aromatic N) is 3. The fourth-order valence-electron chi connectivity index (χ4n) is 2.34. The molecule has 2 heterocycles. The summed E-state index contributed by atoms with van der Waals surface area (Å²) in [5.41, 5.74) is 8.72. The van der Waals surface area contributed by atoms with Crippen LogP contribution in [0.1, 0.15) is 23.7 Å². The van der Waals surface area contributed by atoms with E-state index in [-0.39, 0.29) is 11.2 Å². The highest BCUT2D eigenvalue weighted by Crippen LogP contribution is 2.31. The molecule has 0 bridgehead atoms. The second kappa shape index (κ2) is 5.38. The lowest BCUT2D eigenvalue weighted by atomic mass is 10.0. The summed E-state index contributed by atoms with van der Waals surface area (Å²) in [4.78, 5) is 4.34. The van der Waals surface area contributed by atoms with Gasteiger partial charge in [0, 0.05) is 12.6 Å². The van der Waals surface area contributed by atoms with Crippen molar-refractivity contribution in [2.75, 3.05) is 0 Å². The zero-order valence-corrected chi connectivity index (χ0v) is 11.6. The highest BCUT2D eigenvalue weighted by atomic mass is 32.1. The van der Waals surface area contributed by atoms with Crippen LogP contribution < -0.4 is 5.73 Å². The van der Waals surface area contributed by atoms with Gasteiger partial charge in [0.25, 0.3) is 0 Å². The topological polar surface area (TPSA) is 54.5 Å². The van der Waals surface area contributed by atoms with Gasteiger partial charge in [0.2, 0.25) is 0 Å². The van der Waals surface area contributed by atoms with E-state index in [0.717, 1.165) is 23.4 Å². The van der Waals surface area contributed by atoms with Gasteiger partial charge in [0.05, 0.1) is 17.4 Å². The lowest BCUT2D eigenvalue weighted by molar-refractivity contribution is 0.373. The molecule has 0 aliphatic carbocycles. The highest BCUT2D eigenvalue weighted by molar-refractivity contribution is 7.80. The second-order valence-corrected chi connectivity index (χ2v) is 4.99. The molecule has 1 aliphatic rings. The van der Waals surface area contributed by atoms with Gasteiger partial charge in [-0.05, 0) is 29.9 Å². The number of pyridine rings is 1.